The Morgan fingerprint density at radius 3 is 0.825 bits per heavy atom. The SMILES string of the molecule is CCC(C)C(CC)CC.CCC(C)CC(C)CC.CCC(CC)(CC)CC.CCCC(C)(CC)CC.CCCC(C)(CC)CC.CCCC(CC)CCC.CCCCC(C)CCC. The molecule has 0 saturated heterocycles. The van der Waals surface area contributed by atoms with E-state index in [1.165, 1.54) is 180 Å². The third kappa shape index (κ3) is 52.8. The van der Waals surface area contributed by atoms with Crippen molar-refractivity contribution in [3.05, 3.63) is 0 Å². The lowest BCUT2D eigenvalue weighted by Gasteiger charge is -2.28. The van der Waals surface area contributed by atoms with Gasteiger partial charge in [-0.1, -0.05) is 341 Å². The average molecular weight is 898 g/mol. The Kier molecular flexibility index (Phi) is 69.0. The third-order valence-electron chi connectivity index (χ3n) is 16.6. The van der Waals surface area contributed by atoms with Crippen LogP contribution in [0.1, 0.15) is 360 Å². The second-order valence-corrected chi connectivity index (χ2v) is 21.6. The topological polar surface area (TPSA) is 0 Å². The third-order valence-corrected chi connectivity index (χ3v) is 16.6. The van der Waals surface area contributed by atoms with Gasteiger partial charge in [-0.25, -0.2) is 0 Å². The second kappa shape index (κ2) is 56.3. The van der Waals surface area contributed by atoms with Gasteiger partial charge >= 0.3 is 0 Å². The van der Waals surface area contributed by atoms with Gasteiger partial charge in [0.05, 0.1) is 0 Å². The van der Waals surface area contributed by atoms with Crippen molar-refractivity contribution in [1.82, 2.24) is 0 Å². The number of unbranched alkanes of at least 4 members (excludes halogenated alkanes) is 1. The van der Waals surface area contributed by atoms with Crippen LogP contribution in [0.15, 0.2) is 0 Å². The molecular weight excluding hydrogens is 757 g/mol. The molecule has 63 heavy (non-hydrogen) atoms. The summed E-state index contributed by atoms with van der Waals surface area (Å²) < 4.78 is 0. The smallest absolute Gasteiger partial charge is 0.0308 e. The van der Waals surface area contributed by atoms with Crippen molar-refractivity contribution in [1.29, 1.82) is 0 Å². The van der Waals surface area contributed by atoms with Crippen LogP contribution in [0.4, 0.5) is 0 Å². The van der Waals surface area contributed by atoms with Crippen LogP contribution in [0.5, 0.6) is 0 Å². The predicted octanol–water partition coefficient (Wildman–Crippen LogP) is 25.0. The van der Waals surface area contributed by atoms with Crippen molar-refractivity contribution in [2.45, 2.75) is 360 Å². The molecule has 0 heterocycles. The van der Waals surface area contributed by atoms with Crippen LogP contribution in [-0.2, 0) is 0 Å². The lowest BCUT2D eigenvalue weighted by atomic mass is 9.78. The Bertz CT molecular complexity index is 692. The molecule has 4 atom stereocenters. The Labute approximate surface area is 409 Å². The maximum absolute atomic E-state index is 2.39. The molecule has 0 aliphatic carbocycles. The summed E-state index contributed by atoms with van der Waals surface area (Å²) >= 11 is 0. The van der Waals surface area contributed by atoms with E-state index in [1.807, 2.05) is 0 Å². The molecular formula is C63H140. The Balaban J connectivity index is -0.000000116. The quantitative estimate of drug-likeness (QED) is 0.0674. The standard InChI is InChI=1S/7C9H20/c1-5-8(3)7-9(4)6-2;2*1-5-8-9(4,6-2)7-3;1-5-9(6-2,7-3)8-4;1-5-8(4)9(6-2)7-3;1-4-6-8-9(3)7-5-2;1-4-7-9(6-3)8-5-2/h8-9H,5-7H2,1-4H3;3*5-8H2,1-4H3;8-9H,5-7H2,1-4H3;2*9H,4-8H2,1-3H3. The minimum absolute atomic E-state index is 0.634. The van der Waals surface area contributed by atoms with E-state index in [4.69, 9.17) is 0 Å². The van der Waals surface area contributed by atoms with Crippen LogP contribution in [0, 0.1) is 51.8 Å². The minimum atomic E-state index is 0.634. The fraction of sp³-hybridized carbons (Fsp3) is 1.00. The number of rotatable bonds is 30. The van der Waals surface area contributed by atoms with Crippen molar-refractivity contribution in [2.75, 3.05) is 0 Å². The van der Waals surface area contributed by atoms with E-state index in [0.717, 1.165) is 35.5 Å². The summed E-state index contributed by atoms with van der Waals surface area (Å²) in [6, 6.07) is 0. The maximum atomic E-state index is 2.39. The molecule has 0 heteroatoms. The zero-order valence-electron chi connectivity index (χ0n) is 50.8. The molecule has 0 bridgehead atoms. The molecule has 0 aromatic rings. The highest BCUT2D eigenvalue weighted by Crippen LogP contribution is 2.34. The van der Waals surface area contributed by atoms with Gasteiger partial charge in [-0.2, -0.15) is 0 Å². The molecule has 0 fully saturated rings. The van der Waals surface area contributed by atoms with E-state index in [-0.39, 0.29) is 0 Å². The molecule has 0 rings (SSSR count). The lowest BCUT2D eigenvalue weighted by molar-refractivity contribution is 0.240. The summed E-state index contributed by atoms with van der Waals surface area (Å²) in [5.41, 5.74) is 1.93. The van der Waals surface area contributed by atoms with E-state index in [9.17, 15) is 0 Å². The second-order valence-electron chi connectivity index (χ2n) is 21.6. The summed E-state index contributed by atoms with van der Waals surface area (Å²) in [6.45, 7) is 59.9. The van der Waals surface area contributed by atoms with Crippen molar-refractivity contribution in [3.8, 4) is 0 Å². The van der Waals surface area contributed by atoms with Crippen LogP contribution in [0.2, 0.25) is 0 Å². The Hall–Kier alpha value is 0. The van der Waals surface area contributed by atoms with Gasteiger partial charge in [-0.05, 0) is 71.0 Å². The predicted molar refractivity (Wildman–Crippen MR) is 305 cm³/mol. The average Bonchev–Trinajstić information content (AvgIpc) is 3.30. The highest BCUT2D eigenvalue weighted by Gasteiger charge is 2.20. The van der Waals surface area contributed by atoms with Gasteiger partial charge in [0.15, 0.2) is 0 Å². The number of hydrogen-bond donors (Lipinski definition) is 0. The first-order valence-electron chi connectivity index (χ1n) is 29.7. The highest BCUT2D eigenvalue weighted by atomic mass is 14.3. The van der Waals surface area contributed by atoms with E-state index < -0.39 is 0 Å². The lowest BCUT2D eigenvalue weighted by Crippen LogP contribution is -2.15. The van der Waals surface area contributed by atoms with Gasteiger partial charge in [-0.3, -0.25) is 0 Å². The molecule has 0 amide bonds. The molecule has 0 nitrogen and oxygen atoms in total. The summed E-state index contributed by atoms with van der Waals surface area (Å²) in [4.78, 5) is 0. The van der Waals surface area contributed by atoms with Crippen molar-refractivity contribution in [3.63, 3.8) is 0 Å². The molecule has 0 N–H and O–H groups in total. The first kappa shape index (κ1) is 77.2. The normalized spacial score (nSPS) is 13.1. The van der Waals surface area contributed by atoms with E-state index in [0.29, 0.717) is 16.2 Å². The van der Waals surface area contributed by atoms with E-state index in [1.54, 1.807) is 0 Å². The molecule has 0 aromatic carbocycles. The zero-order chi connectivity index (χ0) is 50.8. The number of hydrogen-bond acceptors (Lipinski definition) is 0. The highest BCUT2D eigenvalue weighted by molar-refractivity contribution is 4.72. The maximum Gasteiger partial charge on any atom is -0.0308 e. The molecule has 4 unspecified atom stereocenters. The summed E-state index contributed by atoms with van der Waals surface area (Å²) in [6.07, 6.45) is 38.2. The van der Waals surface area contributed by atoms with Crippen molar-refractivity contribution >= 4 is 0 Å². The molecule has 392 valence electrons. The Morgan fingerprint density at radius 1 is 0.317 bits per heavy atom. The van der Waals surface area contributed by atoms with Crippen LogP contribution in [-0.4, -0.2) is 0 Å². The summed E-state index contributed by atoms with van der Waals surface area (Å²) in [5, 5.41) is 0. The van der Waals surface area contributed by atoms with Crippen LogP contribution >= 0.6 is 0 Å². The minimum Gasteiger partial charge on any atom is -0.0654 e. The molecule has 0 saturated carbocycles. The van der Waals surface area contributed by atoms with Gasteiger partial charge in [0.2, 0.25) is 0 Å². The summed E-state index contributed by atoms with van der Waals surface area (Å²) in [5.74, 6) is 5.74. The Morgan fingerprint density at radius 2 is 0.667 bits per heavy atom. The molecule has 0 aliphatic heterocycles. The van der Waals surface area contributed by atoms with Gasteiger partial charge < -0.3 is 0 Å². The fourth-order valence-electron chi connectivity index (χ4n) is 8.92. The van der Waals surface area contributed by atoms with E-state index in [2.05, 4.69) is 180 Å². The van der Waals surface area contributed by atoms with Gasteiger partial charge in [0.1, 0.15) is 0 Å². The molecule has 0 aromatic heterocycles. The van der Waals surface area contributed by atoms with Gasteiger partial charge in [-0.15, -0.1) is 0 Å². The first-order valence-corrected chi connectivity index (χ1v) is 29.7. The van der Waals surface area contributed by atoms with Gasteiger partial charge in [0, 0.05) is 0 Å². The van der Waals surface area contributed by atoms with Gasteiger partial charge in [0.25, 0.3) is 0 Å². The molecule has 0 spiro atoms. The fourth-order valence-corrected chi connectivity index (χ4v) is 8.92. The largest absolute Gasteiger partial charge is 0.0654 e. The monoisotopic (exact) mass is 897 g/mol. The molecule has 0 radical (unpaired) electrons. The zero-order valence-corrected chi connectivity index (χ0v) is 50.8. The van der Waals surface area contributed by atoms with Crippen LogP contribution in [0.3, 0.4) is 0 Å². The van der Waals surface area contributed by atoms with E-state index >= 15 is 0 Å². The van der Waals surface area contributed by atoms with Crippen LogP contribution < -0.4 is 0 Å². The molecule has 0 aliphatic rings. The summed E-state index contributed by atoms with van der Waals surface area (Å²) in [7, 11) is 0. The van der Waals surface area contributed by atoms with Crippen molar-refractivity contribution < 1.29 is 0 Å². The van der Waals surface area contributed by atoms with Crippen LogP contribution in [0.25, 0.3) is 0 Å². The first-order chi connectivity index (χ1) is 29.7. The van der Waals surface area contributed by atoms with Crippen molar-refractivity contribution in [2.24, 2.45) is 51.8 Å².